The van der Waals surface area contributed by atoms with Crippen LogP contribution in [0.3, 0.4) is 0 Å². The van der Waals surface area contributed by atoms with Crippen molar-refractivity contribution in [3.8, 4) is 22.6 Å². The molecule has 6 aromatic rings. The van der Waals surface area contributed by atoms with E-state index in [1.165, 1.54) is 36.4 Å². The molecule has 0 radical (unpaired) electrons. The minimum absolute atomic E-state index is 0. The first-order valence-electron chi connectivity index (χ1n) is 14.6. The molecule has 0 saturated carbocycles. The van der Waals surface area contributed by atoms with Crippen molar-refractivity contribution in [3.63, 3.8) is 0 Å². The molecule has 0 bridgehead atoms. The summed E-state index contributed by atoms with van der Waals surface area (Å²) in [7, 11) is -9.65. The normalized spacial score (nSPS) is 12.0. The van der Waals surface area contributed by atoms with Crippen LogP contribution in [0.15, 0.2) is 115 Å². The van der Waals surface area contributed by atoms with E-state index in [-0.39, 0.29) is 86.3 Å². The van der Waals surface area contributed by atoms with Gasteiger partial charge in [-0.3, -0.25) is 9.11 Å². The molecule has 52 heavy (non-hydrogen) atoms. The Labute approximate surface area is 342 Å². The van der Waals surface area contributed by atoms with Gasteiger partial charge >= 0.3 is 59.1 Å². The van der Waals surface area contributed by atoms with E-state index < -0.39 is 52.9 Å². The number of benzene rings is 6. The van der Waals surface area contributed by atoms with Crippen LogP contribution in [0.5, 0.6) is 11.5 Å². The number of nitrogens with two attached hydrogens (primary N) is 2. The van der Waals surface area contributed by atoms with E-state index in [9.17, 15) is 36.2 Å². The summed E-state index contributed by atoms with van der Waals surface area (Å²) < 4.78 is 68.1. The largest absolute Gasteiger partial charge is 1.00 e. The fraction of sp³-hybridized carbons (Fsp3) is 0.0588. The Morgan fingerprint density at radius 1 is 0.538 bits per heavy atom. The first kappa shape index (κ1) is 40.8. The maximum atomic E-state index is 13.2. The topological polar surface area (TPSA) is 256 Å². The van der Waals surface area contributed by atoms with Gasteiger partial charge in [-0.1, -0.05) is 35.8 Å². The standard InChI is InChI=1S/C34H28N6O8S2.2Na/c1-17-11-19(4-9-27(17)37-39-31-30(50(46,47)48)15-22-13-23(35)7-8-25(22)33(31)41)20-5-10-28(18(2)12-20)38-40-32-29(49(43,44)45)14-21-3-6-24(36)16-26(21)34(32)42;;/h3-16,41-42H,35-36H2,1-2H3,(H,43,44,45)(H,46,47,48);;/q;2*+1/p-2. The molecule has 0 heterocycles. The maximum absolute atomic E-state index is 13.2. The molecule has 0 unspecified atom stereocenters. The van der Waals surface area contributed by atoms with Gasteiger partial charge in [0.2, 0.25) is 0 Å². The van der Waals surface area contributed by atoms with Gasteiger partial charge in [-0.15, -0.1) is 10.2 Å². The number of hydrogen-bond donors (Lipinski definition) is 4. The Bertz CT molecular complexity index is 2690. The minimum atomic E-state index is -4.83. The molecule has 18 heteroatoms. The van der Waals surface area contributed by atoms with Gasteiger partial charge in [0.15, 0.2) is 0 Å². The molecule has 0 amide bonds. The van der Waals surface area contributed by atoms with Gasteiger partial charge < -0.3 is 21.7 Å². The first-order valence-corrected chi connectivity index (χ1v) is 17.5. The summed E-state index contributed by atoms with van der Waals surface area (Å²) in [6.07, 6.45) is 0. The van der Waals surface area contributed by atoms with Crippen LogP contribution in [0, 0.1) is 13.8 Å². The van der Waals surface area contributed by atoms with Gasteiger partial charge in [-0.2, -0.15) is 27.1 Å². The summed E-state index contributed by atoms with van der Waals surface area (Å²) >= 11 is 0. The summed E-state index contributed by atoms with van der Waals surface area (Å²) in [5.74, 6) is -1.51. The number of rotatable bonds is 7. The third kappa shape index (κ3) is 8.31. The van der Waals surface area contributed by atoms with Crippen LogP contribution in [0.4, 0.5) is 34.1 Å². The molecule has 0 fully saturated rings. The van der Waals surface area contributed by atoms with Crippen molar-refractivity contribution in [1.29, 1.82) is 0 Å². The van der Waals surface area contributed by atoms with E-state index in [0.717, 1.165) is 23.3 Å². The van der Waals surface area contributed by atoms with Crippen molar-refractivity contribution in [1.82, 2.24) is 0 Å². The zero-order chi connectivity index (χ0) is 36.1. The third-order valence-electron chi connectivity index (χ3n) is 7.91. The predicted molar refractivity (Wildman–Crippen MR) is 185 cm³/mol. The van der Waals surface area contributed by atoms with E-state index in [1.807, 2.05) is 0 Å². The SMILES string of the molecule is Cc1cc(-c2ccc(N=Nc3c(S(=O)(=O)O)cc4ccc(N)cc4c3[O-])c(C)c2)ccc1N=Nc1c(S(=O)(=O)O)cc2cc(N)ccc2c1[O-].[Na+].[Na+]. The fourth-order valence-corrected chi connectivity index (χ4v) is 6.69. The second kappa shape index (κ2) is 15.6. The third-order valence-corrected chi connectivity index (χ3v) is 9.64. The molecule has 6 aromatic carbocycles. The van der Waals surface area contributed by atoms with Gasteiger partial charge in [0.25, 0.3) is 20.2 Å². The van der Waals surface area contributed by atoms with Crippen LogP contribution in [0.25, 0.3) is 32.7 Å². The zero-order valence-corrected chi connectivity index (χ0v) is 33.8. The predicted octanol–water partition coefficient (Wildman–Crippen LogP) is 0.921. The van der Waals surface area contributed by atoms with Crippen molar-refractivity contribution < 1.29 is 95.3 Å². The molecule has 254 valence electrons. The molecule has 6 N–H and O–H groups in total. The Kier molecular flexibility index (Phi) is 12.2. The maximum Gasteiger partial charge on any atom is 1.00 e. The van der Waals surface area contributed by atoms with E-state index in [0.29, 0.717) is 28.2 Å². The summed E-state index contributed by atoms with van der Waals surface area (Å²) in [4.78, 5) is -1.38. The van der Waals surface area contributed by atoms with Crippen LogP contribution in [0.2, 0.25) is 0 Å². The Morgan fingerprint density at radius 2 is 0.981 bits per heavy atom. The second-order valence-electron chi connectivity index (χ2n) is 11.4. The summed E-state index contributed by atoms with van der Waals surface area (Å²) in [5, 5.41) is 43.2. The number of hydrogen-bond acceptors (Lipinski definition) is 12. The molecular formula is C34H26N6Na2O8S2. The van der Waals surface area contributed by atoms with Gasteiger partial charge in [-0.05, 0) is 118 Å². The molecule has 14 nitrogen and oxygen atoms in total. The number of fused-ring (bicyclic) bond motifs is 2. The number of nitrogen functional groups attached to an aromatic ring is 2. The van der Waals surface area contributed by atoms with Crippen molar-refractivity contribution in [2.24, 2.45) is 20.5 Å². The second-order valence-corrected chi connectivity index (χ2v) is 14.2. The van der Waals surface area contributed by atoms with E-state index in [4.69, 9.17) is 11.5 Å². The van der Waals surface area contributed by atoms with Crippen molar-refractivity contribution in [2.75, 3.05) is 11.5 Å². The van der Waals surface area contributed by atoms with Gasteiger partial charge in [-0.25, -0.2) is 0 Å². The molecule has 0 aromatic heterocycles. The van der Waals surface area contributed by atoms with Crippen molar-refractivity contribution in [3.05, 3.63) is 96.1 Å². The van der Waals surface area contributed by atoms with Gasteiger partial charge in [0, 0.05) is 11.4 Å². The van der Waals surface area contributed by atoms with E-state index in [2.05, 4.69) is 20.5 Å². The van der Waals surface area contributed by atoms with E-state index >= 15 is 0 Å². The number of aryl methyl sites for hydroxylation is 2. The number of anilines is 2. The van der Waals surface area contributed by atoms with Gasteiger partial charge in [0.05, 0.1) is 22.7 Å². The Hall–Kier alpha value is -3.94. The smallest absolute Gasteiger partial charge is 0.871 e. The number of nitrogens with zero attached hydrogens (tertiary/aromatic N) is 4. The van der Waals surface area contributed by atoms with Crippen molar-refractivity contribution in [2.45, 2.75) is 23.6 Å². The van der Waals surface area contributed by atoms with Crippen molar-refractivity contribution >= 4 is 75.9 Å². The molecule has 0 aliphatic carbocycles. The first-order chi connectivity index (χ1) is 23.5. The van der Waals surface area contributed by atoms with Crippen LogP contribution in [-0.2, 0) is 20.2 Å². The fourth-order valence-electron chi connectivity index (χ4n) is 5.39. The summed E-state index contributed by atoms with van der Waals surface area (Å²) in [5.41, 5.74) is 14.5. The Balaban J connectivity index is 0.00000302. The van der Waals surface area contributed by atoms with Crippen LogP contribution in [0.1, 0.15) is 11.1 Å². The zero-order valence-electron chi connectivity index (χ0n) is 28.2. The molecule has 0 aliphatic rings. The average molecular weight is 757 g/mol. The summed E-state index contributed by atoms with van der Waals surface area (Å²) in [6, 6.07) is 21.2. The average Bonchev–Trinajstić information content (AvgIpc) is 3.04. The van der Waals surface area contributed by atoms with Crippen LogP contribution >= 0.6 is 0 Å². The Morgan fingerprint density at radius 3 is 1.46 bits per heavy atom. The number of azo groups is 2. The van der Waals surface area contributed by atoms with Crippen LogP contribution < -0.4 is 80.8 Å². The molecule has 6 rings (SSSR count). The molecule has 0 atom stereocenters. The van der Waals surface area contributed by atoms with E-state index in [1.54, 1.807) is 50.2 Å². The quantitative estimate of drug-likeness (QED) is 0.0775. The molecular weight excluding hydrogens is 731 g/mol. The molecule has 0 spiro atoms. The minimum Gasteiger partial charge on any atom is -0.871 e. The van der Waals surface area contributed by atoms with Gasteiger partial charge in [0.1, 0.15) is 9.79 Å². The van der Waals surface area contributed by atoms with Crippen LogP contribution in [-0.4, -0.2) is 25.9 Å². The molecule has 0 saturated heterocycles. The summed E-state index contributed by atoms with van der Waals surface area (Å²) in [6.45, 7) is 3.48. The monoisotopic (exact) mass is 756 g/mol. The molecule has 0 aliphatic heterocycles.